The van der Waals surface area contributed by atoms with Gasteiger partial charge in [-0.2, -0.15) is 5.10 Å². The number of carbonyl (C=O) groups excluding carboxylic acids is 1. The van der Waals surface area contributed by atoms with Gasteiger partial charge in [0.25, 0.3) is 0 Å². The van der Waals surface area contributed by atoms with Crippen LogP contribution in [0.4, 0.5) is 10.1 Å². The van der Waals surface area contributed by atoms with Gasteiger partial charge in [0, 0.05) is 16.8 Å². The topological polar surface area (TPSA) is 56.2 Å². The van der Waals surface area contributed by atoms with Crippen molar-refractivity contribution in [3.8, 4) is 17.0 Å². The SMILES string of the molecule is Cc1ccc(NC(=O)Cn2ncc3c2-c2ccccc2OC3)cc1F. The van der Waals surface area contributed by atoms with Crippen LogP contribution in [-0.4, -0.2) is 15.7 Å². The monoisotopic (exact) mass is 337 g/mol. The van der Waals surface area contributed by atoms with Crippen molar-refractivity contribution in [2.75, 3.05) is 5.32 Å². The molecule has 0 fully saturated rings. The molecule has 5 nitrogen and oxygen atoms in total. The molecule has 25 heavy (non-hydrogen) atoms. The number of benzene rings is 2. The van der Waals surface area contributed by atoms with E-state index in [9.17, 15) is 9.18 Å². The first-order chi connectivity index (χ1) is 12.1. The van der Waals surface area contributed by atoms with Crippen molar-refractivity contribution in [2.24, 2.45) is 0 Å². The number of hydrogen-bond donors (Lipinski definition) is 1. The minimum absolute atomic E-state index is 0.0408. The number of nitrogens with one attached hydrogen (secondary N) is 1. The fourth-order valence-electron chi connectivity index (χ4n) is 2.91. The third-order valence-electron chi connectivity index (χ3n) is 4.19. The Morgan fingerprint density at radius 2 is 2.16 bits per heavy atom. The van der Waals surface area contributed by atoms with E-state index in [1.165, 1.54) is 6.07 Å². The summed E-state index contributed by atoms with van der Waals surface area (Å²) in [5, 5.41) is 7.02. The molecular formula is C19H16FN3O2. The molecule has 1 amide bonds. The number of aromatic nitrogens is 2. The third kappa shape index (κ3) is 2.87. The standard InChI is InChI=1S/C19H16FN3O2/c1-12-6-7-14(8-16(12)20)22-18(24)10-23-19-13(9-21-23)11-25-17-5-3-2-4-15(17)19/h2-9H,10-11H2,1H3,(H,22,24). The first-order valence-electron chi connectivity index (χ1n) is 7.95. The molecule has 0 aliphatic carbocycles. The molecule has 0 bridgehead atoms. The lowest BCUT2D eigenvalue weighted by molar-refractivity contribution is -0.116. The number of rotatable bonds is 3. The average molecular weight is 337 g/mol. The Morgan fingerprint density at radius 1 is 1.32 bits per heavy atom. The number of fused-ring (bicyclic) bond motifs is 3. The number of hydrogen-bond acceptors (Lipinski definition) is 3. The van der Waals surface area contributed by atoms with Gasteiger partial charge in [0.15, 0.2) is 0 Å². The summed E-state index contributed by atoms with van der Waals surface area (Å²) in [5.41, 5.74) is 3.70. The number of halogens is 1. The molecule has 126 valence electrons. The molecule has 3 aromatic rings. The van der Waals surface area contributed by atoms with E-state index in [2.05, 4.69) is 10.4 Å². The molecule has 0 atom stereocenters. The van der Waals surface area contributed by atoms with Gasteiger partial charge in [-0.05, 0) is 36.8 Å². The Balaban J connectivity index is 1.57. The van der Waals surface area contributed by atoms with Gasteiger partial charge in [-0.15, -0.1) is 0 Å². The Bertz CT molecular complexity index is 965. The summed E-state index contributed by atoms with van der Waals surface area (Å²) in [6.07, 6.45) is 1.71. The van der Waals surface area contributed by atoms with Crippen molar-refractivity contribution in [3.05, 3.63) is 65.6 Å². The highest BCUT2D eigenvalue weighted by Gasteiger charge is 2.22. The van der Waals surface area contributed by atoms with Gasteiger partial charge < -0.3 is 10.1 Å². The lowest BCUT2D eigenvalue weighted by Crippen LogP contribution is -2.21. The molecule has 0 saturated carbocycles. The predicted molar refractivity (Wildman–Crippen MR) is 91.8 cm³/mol. The van der Waals surface area contributed by atoms with Crippen LogP contribution in [0.15, 0.2) is 48.7 Å². The van der Waals surface area contributed by atoms with Gasteiger partial charge in [-0.25, -0.2) is 4.39 Å². The predicted octanol–water partition coefficient (Wildman–Crippen LogP) is 3.53. The molecule has 2 aromatic carbocycles. The molecule has 0 spiro atoms. The highest BCUT2D eigenvalue weighted by Crippen LogP contribution is 2.36. The lowest BCUT2D eigenvalue weighted by atomic mass is 10.0. The van der Waals surface area contributed by atoms with Crippen molar-refractivity contribution < 1.29 is 13.9 Å². The lowest BCUT2D eigenvalue weighted by Gasteiger charge is -2.19. The maximum Gasteiger partial charge on any atom is 0.246 e. The summed E-state index contributed by atoms with van der Waals surface area (Å²) >= 11 is 0. The minimum atomic E-state index is -0.347. The van der Waals surface area contributed by atoms with Crippen LogP contribution in [0, 0.1) is 12.7 Å². The smallest absolute Gasteiger partial charge is 0.246 e. The van der Waals surface area contributed by atoms with Crippen molar-refractivity contribution >= 4 is 11.6 Å². The van der Waals surface area contributed by atoms with Gasteiger partial charge in [-0.3, -0.25) is 9.48 Å². The largest absolute Gasteiger partial charge is 0.488 e. The summed E-state index contributed by atoms with van der Waals surface area (Å²) in [4.78, 5) is 12.3. The van der Waals surface area contributed by atoms with E-state index in [4.69, 9.17) is 4.74 Å². The van der Waals surface area contributed by atoms with E-state index < -0.39 is 0 Å². The first kappa shape index (κ1) is 15.4. The fourth-order valence-corrected chi connectivity index (χ4v) is 2.91. The molecule has 1 N–H and O–H groups in total. The maximum absolute atomic E-state index is 13.6. The zero-order valence-corrected chi connectivity index (χ0v) is 13.6. The number of anilines is 1. The number of ether oxygens (including phenoxy) is 1. The van der Waals surface area contributed by atoms with Crippen molar-refractivity contribution in [1.82, 2.24) is 9.78 Å². The van der Waals surface area contributed by atoms with E-state index in [0.717, 1.165) is 22.6 Å². The number of nitrogens with zero attached hydrogens (tertiary/aromatic N) is 2. The Kier molecular flexibility index (Phi) is 3.72. The molecule has 0 unspecified atom stereocenters. The second-order valence-electron chi connectivity index (χ2n) is 5.97. The van der Waals surface area contributed by atoms with Crippen LogP contribution in [0.5, 0.6) is 5.75 Å². The van der Waals surface area contributed by atoms with Gasteiger partial charge in [0.05, 0.1) is 11.9 Å². The van der Waals surface area contributed by atoms with Crippen LogP contribution in [-0.2, 0) is 17.9 Å². The van der Waals surface area contributed by atoms with Gasteiger partial charge >= 0.3 is 0 Å². The van der Waals surface area contributed by atoms with Crippen LogP contribution in [0.1, 0.15) is 11.1 Å². The van der Waals surface area contributed by atoms with E-state index in [-0.39, 0.29) is 18.3 Å². The highest BCUT2D eigenvalue weighted by molar-refractivity contribution is 5.91. The minimum Gasteiger partial charge on any atom is -0.488 e. The van der Waals surface area contributed by atoms with Crippen molar-refractivity contribution in [3.63, 3.8) is 0 Å². The van der Waals surface area contributed by atoms with Crippen LogP contribution in [0.25, 0.3) is 11.3 Å². The van der Waals surface area contributed by atoms with Crippen LogP contribution in [0.2, 0.25) is 0 Å². The molecule has 4 rings (SSSR count). The fraction of sp³-hybridized carbons (Fsp3) is 0.158. The van der Waals surface area contributed by atoms with Crippen molar-refractivity contribution in [1.29, 1.82) is 0 Å². The number of para-hydroxylation sites is 1. The number of amides is 1. The molecule has 2 heterocycles. The maximum atomic E-state index is 13.6. The summed E-state index contributed by atoms with van der Waals surface area (Å²) in [5.74, 6) is 0.163. The second-order valence-corrected chi connectivity index (χ2v) is 5.97. The number of carbonyl (C=O) groups is 1. The van der Waals surface area contributed by atoms with Gasteiger partial charge in [0.2, 0.25) is 5.91 Å². The second kappa shape index (κ2) is 6.05. The third-order valence-corrected chi connectivity index (χ3v) is 4.19. The first-order valence-corrected chi connectivity index (χ1v) is 7.95. The van der Waals surface area contributed by atoms with Crippen LogP contribution < -0.4 is 10.1 Å². The number of aryl methyl sites for hydroxylation is 1. The molecule has 0 saturated heterocycles. The van der Waals surface area contributed by atoms with E-state index in [0.29, 0.717) is 17.9 Å². The van der Waals surface area contributed by atoms with Gasteiger partial charge in [0.1, 0.15) is 24.7 Å². The zero-order valence-electron chi connectivity index (χ0n) is 13.6. The highest BCUT2D eigenvalue weighted by atomic mass is 19.1. The zero-order chi connectivity index (χ0) is 17.4. The Hall–Kier alpha value is -3.15. The van der Waals surface area contributed by atoms with E-state index in [1.807, 2.05) is 24.3 Å². The Morgan fingerprint density at radius 3 is 3.00 bits per heavy atom. The van der Waals surface area contributed by atoms with Crippen LogP contribution in [0.3, 0.4) is 0 Å². The molecule has 6 heteroatoms. The average Bonchev–Trinajstić information content (AvgIpc) is 3.01. The summed E-state index contributed by atoms with van der Waals surface area (Å²) < 4.78 is 21.0. The molecular weight excluding hydrogens is 321 g/mol. The van der Waals surface area contributed by atoms with Crippen molar-refractivity contribution in [2.45, 2.75) is 20.1 Å². The normalized spacial score (nSPS) is 12.1. The molecule has 0 radical (unpaired) electrons. The summed E-state index contributed by atoms with van der Waals surface area (Å²) in [6.45, 7) is 2.15. The van der Waals surface area contributed by atoms with E-state index in [1.54, 1.807) is 29.9 Å². The quantitative estimate of drug-likeness (QED) is 0.795. The van der Waals surface area contributed by atoms with Crippen LogP contribution >= 0.6 is 0 Å². The summed E-state index contributed by atoms with van der Waals surface area (Å²) in [7, 11) is 0. The molecule has 1 aliphatic heterocycles. The van der Waals surface area contributed by atoms with E-state index >= 15 is 0 Å². The van der Waals surface area contributed by atoms with Gasteiger partial charge in [-0.1, -0.05) is 18.2 Å². The summed E-state index contributed by atoms with van der Waals surface area (Å²) in [6, 6.07) is 12.3. The molecule has 1 aromatic heterocycles. The Labute approximate surface area is 144 Å². The molecule has 1 aliphatic rings.